The average molecular weight is 281 g/mol. The minimum absolute atomic E-state index is 0.748. The summed E-state index contributed by atoms with van der Waals surface area (Å²) in [4.78, 5) is 0. The Balaban J connectivity index is 2.52. The maximum absolute atomic E-state index is 6.29. The molecular formula is C19H17Cl. The van der Waals surface area contributed by atoms with Crippen LogP contribution in [-0.4, -0.2) is 0 Å². The highest BCUT2D eigenvalue weighted by Crippen LogP contribution is 2.29. The molecular weight excluding hydrogens is 264 g/mol. The van der Waals surface area contributed by atoms with Gasteiger partial charge in [0.25, 0.3) is 0 Å². The summed E-state index contributed by atoms with van der Waals surface area (Å²) in [5.74, 6) is 0. The Morgan fingerprint density at radius 2 is 1.60 bits per heavy atom. The van der Waals surface area contributed by atoms with Crippen LogP contribution >= 0.6 is 11.6 Å². The van der Waals surface area contributed by atoms with Crippen molar-refractivity contribution in [2.45, 2.75) is 6.92 Å². The van der Waals surface area contributed by atoms with E-state index in [-0.39, 0.29) is 0 Å². The number of hydrogen-bond acceptors (Lipinski definition) is 0. The van der Waals surface area contributed by atoms with Gasteiger partial charge in [0, 0.05) is 5.02 Å². The quantitative estimate of drug-likeness (QED) is 0.593. The van der Waals surface area contributed by atoms with Gasteiger partial charge in [0.15, 0.2) is 0 Å². The van der Waals surface area contributed by atoms with Gasteiger partial charge in [-0.2, -0.15) is 0 Å². The van der Waals surface area contributed by atoms with E-state index in [1.807, 2.05) is 43.3 Å². The highest BCUT2D eigenvalue weighted by Gasteiger charge is 2.08. The van der Waals surface area contributed by atoms with Crippen molar-refractivity contribution in [3.63, 3.8) is 0 Å². The Hall–Kier alpha value is -2.05. The highest BCUT2D eigenvalue weighted by atomic mass is 35.5. The lowest BCUT2D eigenvalue weighted by Gasteiger charge is -2.11. The molecule has 0 saturated heterocycles. The number of benzene rings is 2. The fourth-order valence-corrected chi connectivity index (χ4v) is 2.41. The van der Waals surface area contributed by atoms with E-state index in [1.165, 1.54) is 0 Å². The molecule has 0 bridgehead atoms. The SMILES string of the molecule is C=Cc1c(C=Cc2ccccc2)cc(Cl)c(C)c1C=C. The third-order valence-corrected chi connectivity index (χ3v) is 3.70. The van der Waals surface area contributed by atoms with E-state index in [1.54, 1.807) is 0 Å². The summed E-state index contributed by atoms with van der Waals surface area (Å²) in [6.07, 6.45) is 7.81. The van der Waals surface area contributed by atoms with Crippen LogP contribution in [0, 0.1) is 6.92 Å². The fourth-order valence-electron chi connectivity index (χ4n) is 2.19. The van der Waals surface area contributed by atoms with Gasteiger partial charge in [0.1, 0.15) is 0 Å². The molecule has 0 N–H and O–H groups in total. The van der Waals surface area contributed by atoms with E-state index in [0.717, 1.165) is 32.8 Å². The molecule has 0 unspecified atom stereocenters. The molecule has 20 heavy (non-hydrogen) atoms. The van der Waals surface area contributed by atoms with E-state index in [4.69, 9.17) is 11.6 Å². The van der Waals surface area contributed by atoms with E-state index < -0.39 is 0 Å². The van der Waals surface area contributed by atoms with Crippen molar-refractivity contribution < 1.29 is 0 Å². The summed E-state index contributed by atoms with van der Waals surface area (Å²) >= 11 is 6.29. The Morgan fingerprint density at radius 3 is 2.20 bits per heavy atom. The molecule has 0 saturated carbocycles. The zero-order chi connectivity index (χ0) is 14.5. The van der Waals surface area contributed by atoms with Gasteiger partial charge < -0.3 is 0 Å². The van der Waals surface area contributed by atoms with Gasteiger partial charge in [-0.05, 0) is 40.8 Å². The van der Waals surface area contributed by atoms with E-state index in [0.29, 0.717) is 0 Å². The van der Waals surface area contributed by atoms with Crippen LogP contribution in [0.4, 0.5) is 0 Å². The summed E-state index contributed by atoms with van der Waals surface area (Å²) in [7, 11) is 0. The summed E-state index contributed by atoms with van der Waals surface area (Å²) in [5, 5.41) is 0.748. The maximum atomic E-state index is 6.29. The van der Waals surface area contributed by atoms with Gasteiger partial charge >= 0.3 is 0 Å². The lowest BCUT2D eigenvalue weighted by molar-refractivity contribution is 1.42. The van der Waals surface area contributed by atoms with Crippen molar-refractivity contribution in [3.05, 3.63) is 82.4 Å². The molecule has 0 aromatic heterocycles. The summed E-state index contributed by atoms with van der Waals surface area (Å²) in [5.41, 5.74) is 5.34. The van der Waals surface area contributed by atoms with Crippen LogP contribution in [0.1, 0.15) is 27.8 Å². The average Bonchev–Trinajstić information content (AvgIpc) is 2.48. The van der Waals surface area contributed by atoms with Crippen molar-refractivity contribution >= 4 is 35.9 Å². The maximum Gasteiger partial charge on any atom is 0.0447 e. The first-order valence-electron chi connectivity index (χ1n) is 6.48. The van der Waals surface area contributed by atoms with Crippen molar-refractivity contribution in [1.82, 2.24) is 0 Å². The predicted molar refractivity (Wildman–Crippen MR) is 91.7 cm³/mol. The lowest BCUT2D eigenvalue weighted by atomic mass is 9.95. The van der Waals surface area contributed by atoms with E-state index in [9.17, 15) is 0 Å². The zero-order valence-electron chi connectivity index (χ0n) is 11.6. The molecule has 2 aromatic rings. The fraction of sp³-hybridized carbons (Fsp3) is 0.0526. The molecule has 0 radical (unpaired) electrons. The van der Waals surface area contributed by atoms with Gasteiger partial charge in [-0.3, -0.25) is 0 Å². The topological polar surface area (TPSA) is 0 Å². The lowest BCUT2D eigenvalue weighted by Crippen LogP contribution is -1.92. The Bertz CT molecular complexity index is 664. The van der Waals surface area contributed by atoms with Crippen molar-refractivity contribution in [2.24, 2.45) is 0 Å². The monoisotopic (exact) mass is 280 g/mol. The molecule has 0 spiro atoms. The zero-order valence-corrected chi connectivity index (χ0v) is 12.3. The Labute approximate surface area is 125 Å². The molecule has 100 valence electrons. The third kappa shape index (κ3) is 2.92. The molecule has 2 rings (SSSR count). The van der Waals surface area contributed by atoms with Gasteiger partial charge in [-0.1, -0.05) is 79.4 Å². The first kappa shape index (κ1) is 14.4. The second kappa shape index (κ2) is 6.40. The number of rotatable bonds is 4. The second-order valence-electron chi connectivity index (χ2n) is 4.55. The van der Waals surface area contributed by atoms with Crippen molar-refractivity contribution in [2.75, 3.05) is 0 Å². The molecule has 0 atom stereocenters. The Morgan fingerprint density at radius 1 is 0.950 bits per heavy atom. The van der Waals surface area contributed by atoms with Crippen LogP contribution in [0.2, 0.25) is 5.02 Å². The van der Waals surface area contributed by atoms with Crippen LogP contribution in [0.5, 0.6) is 0 Å². The molecule has 0 aliphatic heterocycles. The minimum atomic E-state index is 0.748. The van der Waals surface area contributed by atoms with Crippen molar-refractivity contribution in [3.8, 4) is 0 Å². The third-order valence-electron chi connectivity index (χ3n) is 3.31. The molecule has 1 heteroatoms. The van der Waals surface area contributed by atoms with Crippen LogP contribution in [0.3, 0.4) is 0 Å². The standard InChI is InChI=1S/C19H17Cl/c1-4-17-14(3)19(20)13-16(18(17)5-2)12-11-15-9-7-6-8-10-15/h4-13H,1-2H2,3H3. The second-order valence-corrected chi connectivity index (χ2v) is 4.96. The van der Waals surface area contributed by atoms with Crippen LogP contribution in [0.25, 0.3) is 24.3 Å². The molecule has 0 aliphatic carbocycles. The molecule has 0 nitrogen and oxygen atoms in total. The van der Waals surface area contributed by atoms with Gasteiger partial charge in [-0.25, -0.2) is 0 Å². The van der Waals surface area contributed by atoms with Crippen molar-refractivity contribution in [1.29, 1.82) is 0 Å². The predicted octanol–water partition coefficient (Wildman–Crippen LogP) is 6.10. The van der Waals surface area contributed by atoms with Crippen LogP contribution in [-0.2, 0) is 0 Å². The molecule has 0 heterocycles. The van der Waals surface area contributed by atoms with Crippen LogP contribution < -0.4 is 0 Å². The smallest absolute Gasteiger partial charge is 0.0447 e. The molecule has 2 aromatic carbocycles. The summed E-state index contributed by atoms with van der Waals surface area (Å²) < 4.78 is 0. The first-order valence-corrected chi connectivity index (χ1v) is 6.86. The largest absolute Gasteiger partial charge is 0.0984 e. The number of hydrogen-bond donors (Lipinski definition) is 0. The summed E-state index contributed by atoms with van der Waals surface area (Å²) in [6.45, 7) is 9.77. The van der Waals surface area contributed by atoms with E-state index in [2.05, 4.69) is 37.4 Å². The molecule has 0 aliphatic rings. The van der Waals surface area contributed by atoms with E-state index >= 15 is 0 Å². The van der Waals surface area contributed by atoms with Gasteiger partial charge in [-0.15, -0.1) is 0 Å². The Kier molecular flexibility index (Phi) is 4.60. The van der Waals surface area contributed by atoms with Crippen LogP contribution in [0.15, 0.2) is 49.6 Å². The highest BCUT2D eigenvalue weighted by molar-refractivity contribution is 6.31. The van der Waals surface area contributed by atoms with Gasteiger partial charge in [0.2, 0.25) is 0 Å². The molecule has 0 amide bonds. The first-order chi connectivity index (χ1) is 9.67. The van der Waals surface area contributed by atoms with Gasteiger partial charge in [0.05, 0.1) is 0 Å². The normalized spacial score (nSPS) is 10.7. The summed E-state index contributed by atoms with van der Waals surface area (Å²) in [6, 6.07) is 12.1. The minimum Gasteiger partial charge on any atom is -0.0984 e. The molecule has 0 fully saturated rings. The number of halogens is 1.